The topological polar surface area (TPSA) is 124 Å². The molecule has 0 aromatic rings. The molecule has 0 amide bonds. The Morgan fingerprint density at radius 3 is 1.46 bits per heavy atom. The summed E-state index contributed by atoms with van der Waals surface area (Å²) in [5.74, 6) is -2.58. The first-order chi connectivity index (χ1) is 12.1. The largest absolute Gasteiger partial charge is 0.462 e. The first-order valence-electron chi connectivity index (χ1n) is 7.79. The maximum Gasteiger partial charge on any atom is 0.303 e. The summed E-state index contributed by atoms with van der Waals surface area (Å²) in [5, 5.41) is 0. The van der Waals surface area contributed by atoms with Crippen molar-refractivity contribution in [3.05, 3.63) is 0 Å². The fourth-order valence-electron chi connectivity index (χ4n) is 2.23. The number of rotatable bonds is 11. The summed E-state index contributed by atoms with van der Waals surface area (Å²) >= 11 is 0. The van der Waals surface area contributed by atoms with E-state index in [1.807, 2.05) is 0 Å². The molecule has 10 heteroatoms. The lowest BCUT2D eigenvalue weighted by molar-refractivity contribution is -0.200. The van der Waals surface area contributed by atoms with E-state index in [-0.39, 0.29) is 13.2 Å². The van der Waals surface area contributed by atoms with E-state index in [9.17, 15) is 19.2 Å². The molecular weight excluding hydrogens is 352 g/mol. The normalized spacial score (nSPS) is 15.2. The van der Waals surface area contributed by atoms with Gasteiger partial charge in [-0.15, -0.1) is 0 Å². The van der Waals surface area contributed by atoms with Gasteiger partial charge in [0, 0.05) is 41.9 Å². The number of hydrogen-bond donors (Lipinski definition) is 0. The summed E-state index contributed by atoms with van der Waals surface area (Å²) in [7, 11) is 2.65. The van der Waals surface area contributed by atoms with Gasteiger partial charge in [-0.25, -0.2) is 0 Å². The highest BCUT2D eigenvalue weighted by molar-refractivity contribution is 5.68. The van der Waals surface area contributed by atoms with Gasteiger partial charge in [0.2, 0.25) is 0 Å². The number of carbonyl (C=O) groups excluding carboxylic acids is 4. The van der Waals surface area contributed by atoms with Crippen LogP contribution in [0, 0.1) is 0 Å². The molecule has 0 saturated heterocycles. The Balaban J connectivity index is 5.72. The number of esters is 4. The molecule has 0 spiro atoms. The molecule has 0 aliphatic rings. The van der Waals surface area contributed by atoms with Gasteiger partial charge in [0.15, 0.2) is 18.3 Å². The van der Waals surface area contributed by atoms with E-state index >= 15 is 0 Å². The standard InChI is InChI=1S/C16H26O10/c1-9(17)23-8-14(25-11(3)19)15(22-6)16(26-12(4)20)13(7-21-5)24-10(2)18/h13-16H,7-8H2,1-6H3/t13-,14+,15+,16+/m0/s1. The lowest BCUT2D eigenvalue weighted by Gasteiger charge is -2.34. The van der Waals surface area contributed by atoms with E-state index < -0.39 is 48.3 Å². The quantitative estimate of drug-likeness (QED) is 0.358. The first-order valence-corrected chi connectivity index (χ1v) is 7.79. The Morgan fingerprint density at radius 1 is 0.654 bits per heavy atom. The van der Waals surface area contributed by atoms with Gasteiger partial charge in [0.05, 0.1) is 6.61 Å². The van der Waals surface area contributed by atoms with Gasteiger partial charge < -0.3 is 28.4 Å². The minimum atomic E-state index is -1.18. The fourth-order valence-corrected chi connectivity index (χ4v) is 2.23. The predicted octanol–water partition coefficient (Wildman–Crippen LogP) is 0.00600. The van der Waals surface area contributed by atoms with Gasteiger partial charge in [-0.3, -0.25) is 19.2 Å². The van der Waals surface area contributed by atoms with Gasteiger partial charge in [0.25, 0.3) is 0 Å². The molecule has 0 saturated carbocycles. The fraction of sp³-hybridized carbons (Fsp3) is 0.750. The zero-order chi connectivity index (χ0) is 20.3. The van der Waals surface area contributed by atoms with Crippen molar-refractivity contribution in [1.82, 2.24) is 0 Å². The zero-order valence-electron chi connectivity index (χ0n) is 15.8. The number of methoxy groups -OCH3 is 2. The van der Waals surface area contributed by atoms with Gasteiger partial charge in [-0.05, 0) is 0 Å². The van der Waals surface area contributed by atoms with E-state index in [4.69, 9.17) is 28.4 Å². The Bertz CT molecular complexity index is 489. The van der Waals surface area contributed by atoms with Crippen molar-refractivity contribution in [2.24, 2.45) is 0 Å². The van der Waals surface area contributed by atoms with E-state index in [1.165, 1.54) is 28.1 Å². The second kappa shape index (κ2) is 12.2. The Labute approximate surface area is 152 Å². The number of ether oxygens (including phenoxy) is 6. The van der Waals surface area contributed by atoms with E-state index in [0.717, 1.165) is 13.8 Å². The second-order valence-corrected chi connectivity index (χ2v) is 5.33. The van der Waals surface area contributed by atoms with Gasteiger partial charge in [-0.1, -0.05) is 0 Å². The van der Waals surface area contributed by atoms with Crippen LogP contribution in [0.2, 0.25) is 0 Å². The highest BCUT2D eigenvalue weighted by atomic mass is 16.6. The molecule has 150 valence electrons. The maximum absolute atomic E-state index is 11.5. The average molecular weight is 378 g/mol. The highest BCUT2D eigenvalue weighted by Crippen LogP contribution is 2.19. The van der Waals surface area contributed by atoms with Crippen LogP contribution in [-0.4, -0.2) is 75.7 Å². The minimum Gasteiger partial charge on any atom is -0.462 e. The van der Waals surface area contributed by atoms with Gasteiger partial charge in [-0.2, -0.15) is 0 Å². The van der Waals surface area contributed by atoms with Crippen LogP contribution < -0.4 is 0 Å². The molecule has 0 fully saturated rings. The molecule has 0 radical (unpaired) electrons. The molecule has 26 heavy (non-hydrogen) atoms. The summed E-state index contributed by atoms with van der Waals surface area (Å²) in [5.41, 5.74) is 0. The van der Waals surface area contributed by atoms with Crippen LogP contribution in [-0.2, 0) is 47.6 Å². The van der Waals surface area contributed by atoms with Gasteiger partial charge >= 0.3 is 23.9 Å². The molecule has 0 heterocycles. The summed E-state index contributed by atoms with van der Waals surface area (Å²) < 4.78 is 30.7. The van der Waals surface area contributed by atoms with Crippen molar-refractivity contribution in [1.29, 1.82) is 0 Å². The average Bonchev–Trinajstić information content (AvgIpc) is 2.50. The number of carbonyl (C=O) groups is 4. The van der Waals surface area contributed by atoms with Crippen LogP contribution in [0.25, 0.3) is 0 Å². The van der Waals surface area contributed by atoms with Gasteiger partial charge in [0.1, 0.15) is 12.7 Å². The highest BCUT2D eigenvalue weighted by Gasteiger charge is 2.41. The summed E-state index contributed by atoms with van der Waals surface area (Å²) in [6, 6.07) is 0. The second-order valence-electron chi connectivity index (χ2n) is 5.33. The van der Waals surface area contributed by atoms with Crippen molar-refractivity contribution in [2.75, 3.05) is 27.4 Å². The molecule has 0 rings (SSSR count). The van der Waals surface area contributed by atoms with Crippen LogP contribution in [0.5, 0.6) is 0 Å². The predicted molar refractivity (Wildman–Crippen MR) is 86.0 cm³/mol. The number of hydrogen-bond acceptors (Lipinski definition) is 10. The van der Waals surface area contributed by atoms with Crippen LogP contribution in [0.1, 0.15) is 27.7 Å². The lowest BCUT2D eigenvalue weighted by atomic mass is 10.0. The SMILES string of the molecule is COC[C@H](OC(C)=O)[C@@H](OC(C)=O)[C@H](OC)[C@@H](COC(C)=O)OC(C)=O. The Hall–Kier alpha value is -2.20. The molecule has 4 atom stereocenters. The molecule has 0 unspecified atom stereocenters. The van der Waals surface area contributed by atoms with Crippen LogP contribution in [0.4, 0.5) is 0 Å². The van der Waals surface area contributed by atoms with Crippen molar-refractivity contribution in [2.45, 2.75) is 52.1 Å². The molecular formula is C16H26O10. The van der Waals surface area contributed by atoms with E-state index in [0.29, 0.717) is 0 Å². The van der Waals surface area contributed by atoms with Crippen LogP contribution >= 0.6 is 0 Å². The third-order valence-corrected chi connectivity index (χ3v) is 3.05. The Morgan fingerprint density at radius 2 is 1.12 bits per heavy atom. The monoisotopic (exact) mass is 378 g/mol. The van der Waals surface area contributed by atoms with Crippen molar-refractivity contribution in [3.63, 3.8) is 0 Å². The maximum atomic E-state index is 11.5. The van der Waals surface area contributed by atoms with Crippen LogP contribution in [0.15, 0.2) is 0 Å². The molecule has 0 aliphatic carbocycles. The lowest BCUT2D eigenvalue weighted by Crippen LogP contribution is -2.53. The molecule has 0 aliphatic heterocycles. The van der Waals surface area contributed by atoms with Crippen molar-refractivity contribution in [3.8, 4) is 0 Å². The molecule has 0 aromatic carbocycles. The van der Waals surface area contributed by atoms with Crippen molar-refractivity contribution >= 4 is 23.9 Å². The smallest absolute Gasteiger partial charge is 0.303 e. The first kappa shape index (κ1) is 23.8. The molecule has 0 aromatic heterocycles. The molecule has 0 N–H and O–H groups in total. The minimum absolute atomic E-state index is 0.113. The molecule has 0 bridgehead atoms. The van der Waals surface area contributed by atoms with E-state index in [2.05, 4.69) is 0 Å². The summed E-state index contributed by atoms with van der Waals surface area (Å²) in [6.07, 6.45) is -4.43. The zero-order valence-corrected chi connectivity index (χ0v) is 15.8. The molecule has 10 nitrogen and oxygen atoms in total. The van der Waals surface area contributed by atoms with Crippen molar-refractivity contribution < 1.29 is 47.6 Å². The third kappa shape index (κ3) is 9.33. The Kier molecular flexibility index (Phi) is 11.2. The van der Waals surface area contributed by atoms with Crippen LogP contribution in [0.3, 0.4) is 0 Å². The third-order valence-electron chi connectivity index (χ3n) is 3.05. The summed E-state index contributed by atoms with van der Waals surface area (Å²) in [4.78, 5) is 45.4. The van der Waals surface area contributed by atoms with E-state index in [1.54, 1.807) is 0 Å². The summed E-state index contributed by atoms with van der Waals surface area (Å²) in [6.45, 7) is 4.22.